The minimum atomic E-state index is 0.331. The highest BCUT2D eigenvalue weighted by Crippen LogP contribution is 2.28. The van der Waals surface area contributed by atoms with Crippen LogP contribution in [0.2, 0.25) is 0 Å². The van der Waals surface area contributed by atoms with Crippen LogP contribution in [-0.2, 0) is 6.54 Å². The van der Waals surface area contributed by atoms with Gasteiger partial charge < -0.3 is 14.0 Å². The van der Waals surface area contributed by atoms with Crippen LogP contribution in [0.15, 0.2) is 48.5 Å². The Balaban J connectivity index is 1.48. The van der Waals surface area contributed by atoms with Crippen LogP contribution in [0.3, 0.4) is 0 Å². The fourth-order valence-corrected chi connectivity index (χ4v) is 4.26. The first kappa shape index (κ1) is 19.8. The van der Waals surface area contributed by atoms with E-state index in [9.17, 15) is 0 Å². The highest BCUT2D eigenvalue weighted by molar-refractivity contribution is 5.76. The molecule has 29 heavy (non-hydrogen) atoms. The number of aromatic nitrogens is 2. The van der Waals surface area contributed by atoms with Gasteiger partial charge in [0.2, 0.25) is 0 Å². The Morgan fingerprint density at radius 1 is 0.966 bits per heavy atom. The summed E-state index contributed by atoms with van der Waals surface area (Å²) >= 11 is 0. The minimum Gasteiger partial charge on any atom is -0.493 e. The van der Waals surface area contributed by atoms with Gasteiger partial charge >= 0.3 is 0 Å². The molecule has 0 radical (unpaired) electrons. The number of hydrogen-bond acceptors (Lipinski definition) is 4. The molecule has 2 aromatic carbocycles. The standard InChI is InChI=1S/C24H31N3O2/c1-19(26-15-8-3-9-16-26)24-25-20-11-4-5-12-21(20)27(24)17-10-18-29-23-14-7-6-13-22(23)28-2/h4-7,11-14,19H,3,8-10,15-18H2,1-2H3. The summed E-state index contributed by atoms with van der Waals surface area (Å²) in [7, 11) is 1.67. The number of imidazole rings is 1. The number of rotatable bonds is 8. The Hall–Kier alpha value is -2.53. The first-order chi connectivity index (χ1) is 14.3. The molecule has 1 aliphatic heterocycles. The maximum Gasteiger partial charge on any atom is 0.161 e. The second-order valence-electron chi connectivity index (χ2n) is 7.74. The predicted octanol–water partition coefficient (Wildman–Crippen LogP) is 5.06. The number of aryl methyl sites for hydroxylation is 1. The Labute approximate surface area is 173 Å². The maximum atomic E-state index is 5.99. The van der Waals surface area contributed by atoms with Crippen molar-refractivity contribution in [3.05, 3.63) is 54.4 Å². The van der Waals surface area contributed by atoms with E-state index < -0.39 is 0 Å². The van der Waals surface area contributed by atoms with Crippen LogP contribution in [0, 0.1) is 0 Å². The highest BCUT2D eigenvalue weighted by Gasteiger charge is 2.23. The molecular formula is C24H31N3O2. The van der Waals surface area contributed by atoms with E-state index in [1.165, 1.54) is 43.7 Å². The van der Waals surface area contributed by atoms with E-state index in [1.807, 2.05) is 24.3 Å². The first-order valence-electron chi connectivity index (χ1n) is 10.7. The molecule has 1 saturated heterocycles. The number of benzene rings is 2. The summed E-state index contributed by atoms with van der Waals surface area (Å²) in [5.41, 5.74) is 2.29. The average molecular weight is 394 g/mol. The van der Waals surface area contributed by atoms with E-state index >= 15 is 0 Å². The predicted molar refractivity (Wildman–Crippen MR) is 117 cm³/mol. The van der Waals surface area contributed by atoms with Crippen LogP contribution in [0.5, 0.6) is 11.5 Å². The zero-order chi connectivity index (χ0) is 20.1. The van der Waals surface area contributed by atoms with E-state index in [0.29, 0.717) is 12.6 Å². The zero-order valence-corrected chi connectivity index (χ0v) is 17.5. The number of nitrogens with zero attached hydrogens (tertiary/aromatic N) is 3. The molecule has 1 atom stereocenters. The van der Waals surface area contributed by atoms with Crippen molar-refractivity contribution in [3.63, 3.8) is 0 Å². The summed E-state index contributed by atoms with van der Waals surface area (Å²) in [5.74, 6) is 2.75. The van der Waals surface area contributed by atoms with Gasteiger partial charge in [0.1, 0.15) is 5.82 Å². The molecule has 0 saturated carbocycles. The number of hydrogen-bond donors (Lipinski definition) is 0. The monoisotopic (exact) mass is 393 g/mol. The van der Waals surface area contributed by atoms with Crippen molar-refractivity contribution >= 4 is 11.0 Å². The van der Waals surface area contributed by atoms with Gasteiger partial charge in [-0.3, -0.25) is 4.90 Å². The van der Waals surface area contributed by atoms with Crippen molar-refractivity contribution in [3.8, 4) is 11.5 Å². The molecule has 4 rings (SSSR count). The molecule has 0 amide bonds. The molecule has 0 aliphatic carbocycles. The lowest BCUT2D eigenvalue weighted by molar-refractivity contribution is 0.165. The summed E-state index contributed by atoms with van der Waals surface area (Å²) in [4.78, 5) is 7.59. The SMILES string of the molecule is COc1ccccc1OCCCn1c(C(C)N2CCCCC2)nc2ccccc21. The minimum absolute atomic E-state index is 0.331. The van der Waals surface area contributed by atoms with Crippen LogP contribution in [0.4, 0.5) is 0 Å². The smallest absolute Gasteiger partial charge is 0.161 e. The second-order valence-corrected chi connectivity index (χ2v) is 7.74. The molecule has 1 fully saturated rings. The van der Waals surface area contributed by atoms with Crippen molar-refractivity contribution in [1.82, 2.24) is 14.5 Å². The average Bonchev–Trinajstić information content (AvgIpc) is 3.15. The molecule has 0 spiro atoms. The van der Waals surface area contributed by atoms with Crippen molar-refractivity contribution in [2.75, 3.05) is 26.8 Å². The van der Waals surface area contributed by atoms with Crippen LogP contribution in [0.25, 0.3) is 11.0 Å². The van der Waals surface area contributed by atoms with E-state index in [1.54, 1.807) is 7.11 Å². The van der Waals surface area contributed by atoms with E-state index in [2.05, 4.69) is 40.7 Å². The highest BCUT2D eigenvalue weighted by atomic mass is 16.5. The van der Waals surface area contributed by atoms with Crippen LogP contribution >= 0.6 is 0 Å². The first-order valence-corrected chi connectivity index (χ1v) is 10.7. The Bertz CT molecular complexity index is 931. The van der Waals surface area contributed by atoms with Crippen LogP contribution < -0.4 is 9.47 Å². The summed E-state index contributed by atoms with van der Waals surface area (Å²) in [5, 5.41) is 0. The number of ether oxygens (including phenoxy) is 2. The lowest BCUT2D eigenvalue weighted by Gasteiger charge is -2.32. The van der Waals surface area contributed by atoms with Gasteiger partial charge in [-0.05, 0) is 63.5 Å². The van der Waals surface area contributed by atoms with Gasteiger partial charge in [-0.15, -0.1) is 0 Å². The lowest BCUT2D eigenvalue weighted by Crippen LogP contribution is -2.33. The van der Waals surface area contributed by atoms with Crippen molar-refractivity contribution in [2.24, 2.45) is 0 Å². The largest absolute Gasteiger partial charge is 0.493 e. The number of piperidine rings is 1. The number of likely N-dealkylation sites (tertiary alicyclic amines) is 1. The molecule has 5 nitrogen and oxygen atoms in total. The number of methoxy groups -OCH3 is 1. The third kappa shape index (κ3) is 4.40. The molecule has 0 N–H and O–H groups in total. The molecule has 1 unspecified atom stereocenters. The second kappa shape index (κ2) is 9.31. The topological polar surface area (TPSA) is 39.5 Å². The third-order valence-corrected chi connectivity index (χ3v) is 5.85. The normalized spacial score (nSPS) is 16.1. The molecule has 5 heteroatoms. The van der Waals surface area contributed by atoms with E-state index in [-0.39, 0.29) is 0 Å². The van der Waals surface area contributed by atoms with Gasteiger partial charge in [-0.25, -0.2) is 4.98 Å². The van der Waals surface area contributed by atoms with Gasteiger partial charge in [-0.1, -0.05) is 30.7 Å². The number of fused-ring (bicyclic) bond motifs is 1. The van der Waals surface area contributed by atoms with Gasteiger partial charge in [0.15, 0.2) is 11.5 Å². The van der Waals surface area contributed by atoms with Crippen molar-refractivity contribution < 1.29 is 9.47 Å². The van der Waals surface area contributed by atoms with Gasteiger partial charge in [0.05, 0.1) is 30.8 Å². The lowest BCUT2D eigenvalue weighted by atomic mass is 10.1. The maximum absolute atomic E-state index is 5.99. The van der Waals surface area contributed by atoms with Crippen molar-refractivity contribution in [2.45, 2.75) is 45.2 Å². The molecule has 3 aromatic rings. The van der Waals surface area contributed by atoms with Crippen molar-refractivity contribution in [1.29, 1.82) is 0 Å². The van der Waals surface area contributed by atoms with E-state index in [0.717, 1.165) is 30.0 Å². The molecule has 2 heterocycles. The zero-order valence-electron chi connectivity index (χ0n) is 17.5. The van der Waals surface area contributed by atoms with Crippen LogP contribution in [0.1, 0.15) is 44.5 Å². The van der Waals surface area contributed by atoms with Gasteiger partial charge in [0, 0.05) is 6.54 Å². The Kier molecular flexibility index (Phi) is 6.35. The quantitative estimate of drug-likeness (QED) is 0.502. The fraction of sp³-hybridized carbons (Fsp3) is 0.458. The molecule has 1 aromatic heterocycles. The molecule has 0 bridgehead atoms. The third-order valence-electron chi connectivity index (χ3n) is 5.85. The number of para-hydroxylation sites is 4. The summed E-state index contributed by atoms with van der Waals surface area (Å²) < 4.78 is 13.8. The van der Waals surface area contributed by atoms with Crippen LogP contribution in [-0.4, -0.2) is 41.3 Å². The Morgan fingerprint density at radius 2 is 1.69 bits per heavy atom. The van der Waals surface area contributed by atoms with Gasteiger partial charge in [0.25, 0.3) is 0 Å². The Morgan fingerprint density at radius 3 is 2.48 bits per heavy atom. The summed E-state index contributed by atoms with van der Waals surface area (Å²) in [6, 6.07) is 16.6. The summed E-state index contributed by atoms with van der Waals surface area (Å²) in [6.07, 6.45) is 4.84. The molecule has 154 valence electrons. The molecule has 1 aliphatic rings. The van der Waals surface area contributed by atoms with E-state index in [4.69, 9.17) is 14.5 Å². The molecular weight excluding hydrogens is 362 g/mol. The fourth-order valence-electron chi connectivity index (χ4n) is 4.26. The summed E-state index contributed by atoms with van der Waals surface area (Å²) in [6.45, 7) is 6.17. The van der Waals surface area contributed by atoms with Gasteiger partial charge in [-0.2, -0.15) is 0 Å².